The van der Waals surface area contributed by atoms with Crippen LogP contribution in [0.2, 0.25) is 0 Å². The number of alkyl halides is 3. The van der Waals surface area contributed by atoms with Gasteiger partial charge in [0.05, 0.1) is 15.8 Å². The van der Waals surface area contributed by atoms with Gasteiger partial charge in [-0.3, -0.25) is 10.1 Å². The first-order valence-electron chi connectivity index (χ1n) is 7.18. The molecule has 8 heteroatoms. The van der Waals surface area contributed by atoms with Gasteiger partial charge in [-0.1, -0.05) is 35.6 Å². The summed E-state index contributed by atoms with van der Waals surface area (Å²) in [5, 5.41) is 3.34. The van der Waals surface area contributed by atoms with Crippen molar-refractivity contribution in [3.63, 3.8) is 0 Å². The van der Waals surface area contributed by atoms with Gasteiger partial charge in [-0.05, 0) is 24.3 Å². The molecule has 0 saturated heterocycles. The zero-order chi connectivity index (χ0) is 17.6. The van der Waals surface area contributed by atoms with Gasteiger partial charge in [-0.15, -0.1) is 0 Å². The van der Waals surface area contributed by atoms with E-state index in [9.17, 15) is 18.0 Å². The van der Waals surface area contributed by atoms with Gasteiger partial charge in [-0.25, -0.2) is 4.98 Å². The van der Waals surface area contributed by atoms with E-state index in [1.807, 2.05) is 6.07 Å². The van der Waals surface area contributed by atoms with Crippen molar-refractivity contribution in [1.29, 1.82) is 0 Å². The number of aromatic nitrogens is 1. The fourth-order valence-electron chi connectivity index (χ4n) is 2.48. The van der Waals surface area contributed by atoms with E-state index in [0.717, 1.165) is 22.8 Å². The first kappa shape index (κ1) is 15.6. The summed E-state index contributed by atoms with van der Waals surface area (Å²) in [7, 11) is 0. The molecule has 1 amide bonds. The highest BCUT2D eigenvalue weighted by atomic mass is 32.1. The van der Waals surface area contributed by atoms with Gasteiger partial charge in [0.25, 0.3) is 5.91 Å². The van der Waals surface area contributed by atoms with Gasteiger partial charge in [0.2, 0.25) is 0 Å². The maximum Gasteiger partial charge on any atom is 0.418 e. The molecule has 0 fully saturated rings. The lowest BCUT2D eigenvalue weighted by Crippen LogP contribution is -2.10. The molecule has 0 atom stereocenters. The average Bonchev–Trinajstić information content (AvgIpc) is 3.16. The zero-order valence-corrected chi connectivity index (χ0v) is 13.2. The molecule has 1 N–H and O–H groups in total. The fourth-order valence-corrected chi connectivity index (χ4v) is 3.37. The van der Waals surface area contributed by atoms with E-state index in [1.54, 1.807) is 24.3 Å². The Morgan fingerprint density at radius 2 is 1.92 bits per heavy atom. The number of carbonyl (C=O) groups excluding carboxylic acids is 1. The molecule has 0 aliphatic heterocycles. The number of hydrogen-bond donors (Lipinski definition) is 1. The van der Waals surface area contributed by atoms with Gasteiger partial charge < -0.3 is 4.42 Å². The molecule has 2 heterocycles. The molecule has 4 aromatic rings. The number of para-hydroxylation sites is 2. The number of halogens is 3. The predicted molar refractivity (Wildman–Crippen MR) is 88.8 cm³/mol. The number of nitrogens with one attached hydrogen (secondary N) is 1. The van der Waals surface area contributed by atoms with Gasteiger partial charge in [0, 0.05) is 5.39 Å². The molecule has 2 aromatic carbocycles. The summed E-state index contributed by atoms with van der Waals surface area (Å²) in [5.74, 6) is -0.500. The Labute approximate surface area is 142 Å². The SMILES string of the molecule is O=C(Nc1nc2c(C(F)(F)F)cccc2s1)c1cc2ccccc2o1. The first-order chi connectivity index (χ1) is 11.9. The number of anilines is 1. The van der Waals surface area contributed by atoms with Crippen LogP contribution < -0.4 is 5.32 Å². The molecule has 126 valence electrons. The summed E-state index contributed by atoms with van der Waals surface area (Å²) in [6, 6.07) is 12.5. The molecule has 0 radical (unpaired) electrons. The molecule has 0 aliphatic carbocycles. The predicted octanol–water partition coefficient (Wildman–Crippen LogP) is 5.31. The van der Waals surface area contributed by atoms with Crippen LogP contribution in [0.3, 0.4) is 0 Å². The van der Waals surface area contributed by atoms with Crippen LogP contribution >= 0.6 is 11.3 Å². The second kappa shape index (κ2) is 5.59. The third-order valence-electron chi connectivity index (χ3n) is 3.59. The lowest BCUT2D eigenvalue weighted by Gasteiger charge is -2.05. The minimum atomic E-state index is -4.51. The quantitative estimate of drug-likeness (QED) is 0.525. The first-order valence-corrected chi connectivity index (χ1v) is 8.00. The van der Waals surface area contributed by atoms with Crippen LogP contribution in [0, 0.1) is 0 Å². The maximum absolute atomic E-state index is 13.0. The lowest BCUT2D eigenvalue weighted by molar-refractivity contribution is -0.136. The number of rotatable bonds is 2. The van der Waals surface area contributed by atoms with Crippen molar-refractivity contribution < 1.29 is 22.4 Å². The van der Waals surface area contributed by atoms with Crippen LogP contribution in [0.4, 0.5) is 18.3 Å². The molecule has 4 nitrogen and oxygen atoms in total. The summed E-state index contributed by atoms with van der Waals surface area (Å²) in [4.78, 5) is 16.2. The molecule has 0 spiro atoms. The van der Waals surface area contributed by atoms with Crippen LogP contribution in [0.25, 0.3) is 21.2 Å². The minimum Gasteiger partial charge on any atom is -0.451 e. The second-order valence-electron chi connectivity index (χ2n) is 5.27. The third kappa shape index (κ3) is 2.85. The topological polar surface area (TPSA) is 55.1 Å². The molecule has 2 aromatic heterocycles. The number of carbonyl (C=O) groups is 1. The van der Waals surface area contributed by atoms with E-state index >= 15 is 0 Å². The number of hydrogen-bond acceptors (Lipinski definition) is 4. The van der Waals surface area contributed by atoms with Gasteiger partial charge in [0.15, 0.2) is 10.9 Å². The van der Waals surface area contributed by atoms with Crippen molar-refractivity contribution in [2.75, 3.05) is 5.32 Å². The molecule has 0 unspecified atom stereocenters. The number of amides is 1. The normalized spacial score (nSPS) is 12.0. The smallest absolute Gasteiger partial charge is 0.418 e. The van der Waals surface area contributed by atoms with Gasteiger partial charge in [0.1, 0.15) is 5.58 Å². The Morgan fingerprint density at radius 3 is 2.68 bits per heavy atom. The number of fused-ring (bicyclic) bond motifs is 2. The summed E-state index contributed by atoms with van der Waals surface area (Å²) in [5.41, 5.74) is -0.457. The highest BCUT2D eigenvalue weighted by molar-refractivity contribution is 7.22. The van der Waals surface area contributed by atoms with Crippen LogP contribution in [0.1, 0.15) is 16.1 Å². The number of nitrogens with zero attached hydrogens (tertiary/aromatic N) is 1. The van der Waals surface area contributed by atoms with Gasteiger partial charge in [-0.2, -0.15) is 13.2 Å². The monoisotopic (exact) mass is 362 g/mol. The van der Waals surface area contributed by atoms with E-state index in [-0.39, 0.29) is 16.4 Å². The largest absolute Gasteiger partial charge is 0.451 e. The number of furan rings is 1. The van der Waals surface area contributed by atoms with E-state index in [0.29, 0.717) is 10.3 Å². The van der Waals surface area contributed by atoms with Gasteiger partial charge >= 0.3 is 6.18 Å². The van der Waals surface area contributed by atoms with E-state index < -0.39 is 17.6 Å². The zero-order valence-electron chi connectivity index (χ0n) is 12.4. The van der Waals surface area contributed by atoms with Crippen molar-refractivity contribution in [3.8, 4) is 0 Å². The number of benzene rings is 2. The van der Waals surface area contributed by atoms with E-state index in [2.05, 4.69) is 10.3 Å². The Hall–Kier alpha value is -2.87. The summed E-state index contributed by atoms with van der Waals surface area (Å²) >= 11 is 0.973. The average molecular weight is 362 g/mol. The summed E-state index contributed by atoms with van der Waals surface area (Å²) < 4.78 is 44.9. The van der Waals surface area contributed by atoms with Crippen molar-refractivity contribution in [2.24, 2.45) is 0 Å². The van der Waals surface area contributed by atoms with Crippen molar-refractivity contribution in [1.82, 2.24) is 4.98 Å². The van der Waals surface area contributed by atoms with Crippen LogP contribution in [-0.2, 0) is 6.18 Å². The summed E-state index contributed by atoms with van der Waals surface area (Å²) in [6.45, 7) is 0. The third-order valence-corrected chi connectivity index (χ3v) is 4.53. The molecule has 25 heavy (non-hydrogen) atoms. The van der Waals surface area contributed by atoms with E-state index in [4.69, 9.17) is 4.42 Å². The van der Waals surface area contributed by atoms with Crippen LogP contribution in [0.15, 0.2) is 52.9 Å². The Morgan fingerprint density at radius 1 is 1.12 bits per heavy atom. The highest BCUT2D eigenvalue weighted by Crippen LogP contribution is 2.37. The molecular formula is C17H9F3N2O2S. The Balaban J connectivity index is 1.67. The summed E-state index contributed by atoms with van der Waals surface area (Å²) in [6.07, 6.45) is -4.51. The Bertz CT molecular complexity index is 1070. The molecule has 4 rings (SSSR count). The van der Waals surface area contributed by atoms with Crippen LogP contribution in [-0.4, -0.2) is 10.9 Å². The number of thiazole rings is 1. The maximum atomic E-state index is 13.0. The Kier molecular flexibility index (Phi) is 3.50. The van der Waals surface area contributed by atoms with Crippen molar-refractivity contribution in [2.45, 2.75) is 6.18 Å². The molecule has 0 bridgehead atoms. The lowest BCUT2D eigenvalue weighted by atomic mass is 10.2. The van der Waals surface area contributed by atoms with E-state index in [1.165, 1.54) is 12.1 Å². The standard InChI is InChI=1S/C17H9F3N2O2S/c18-17(19,20)10-5-3-7-13-14(10)21-16(25-13)22-15(23)12-8-9-4-1-2-6-11(9)24-12/h1-8H,(H,21,22,23). The fraction of sp³-hybridized carbons (Fsp3) is 0.0588. The van der Waals surface area contributed by atoms with Crippen LogP contribution in [0.5, 0.6) is 0 Å². The molecule has 0 saturated carbocycles. The molecule has 0 aliphatic rings. The highest BCUT2D eigenvalue weighted by Gasteiger charge is 2.33. The minimum absolute atomic E-state index is 0.0662. The molecular weight excluding hydrogens is 353 g/mol. The van der Waals surface area contributed by atoms with Crippen molar-refractivity contribution in [3.05, 3.63) is 59.9 Å². The van der Waals surface area contributed by atoms with Crippen molar-refractivity contribution >= 4 is 43.6 Å². The second-order valence-corrected chi connectivity index (χ2v) is 6.30.